The summed E-state index contributed by atoms with van der Waals surface area (Å²) in [6, 6.07) is 1.87. The van der Waals surface area contributed by atoms with Crippen molar-refractivity contribution in [1.82, 2.24) is 4.98 Å². The molecule has 0 amide bonds. The molecule has 3 nitrogen and oxygen atoms in total. The molecule has 1 heterocycles. The van der Waals surface area contributed by atoms with Gasteiger partial charge in [-0.05, 0) is 31.4 Å². The normalized spacial score (nSPS) is 18.6. The fraction of sp³-hybridized carbons (Fsp3) is 0.538. The van der Waals surface area contributed by atoms with Crippen LogP contribution in [0.15, 0.2) is 18.5 Å². The van der Waals surface area contributed by atoms with Crippen LogP contribution >= 0.6 is 0 Å². The number of nitrogens with two attached hydrogens (primary N) is 1. The van der Waals surface area contributed by atoms with Gasteiger partial charge in [0.2, 0.25) is 0 Å². The van der Waals surface area contributed by atoms with Crippen LogP contribution in [-0.4, -0.2) is 16.3 Å². The SMILES string of the molecule is Cc1ccncc1C(=O)CC1(N)CCCC1. The minimum atomic E-state index is -0.265. The molecule has 1 aliphatic rings. The Bertz CT molecular complexity index is 395. The standard InChI is InChI=1S/C13H18N2O/c1-10-4-7-15-9-11(10)12(16)8-13(14)5-2-3-6-13/h4,7,9H,2-3,5-6,8,14H2,1H3. The maximum absolute atomic E-state index is 12.1. The molecule has 0 spiro atoms. The summed E-state index contributed by atoms with van der Waals surface area (Å²) in [5.41, 5.74) is 7.65. The van der Waals surface area contributed by atoms with Crippen LogP contribution < -0.4 is 5.73 Å². The average Bonchev–Trinajstić information content (AvgIpc) is 2.65. The number of aryl methyl sites for hydroxylation is 1. The molecule has 3 heteroatoms. The van der Waals surface area contributed by atoms with Gasteiger partial charge >= 0.3 is 0 Å². The fourth-order valence-corrected chi connectivity index (χ4v) is 2.43. The van der Waals surface area contributed by atoms with Crippen LogP contribution in [0, 0.1) is 6.92 Å². The van der Waals surface area contributed by atoms with Crippen LogP contribution in [0.25, 0.3) is 0 Å². The lowest BCUT2D eigenvalue weighted by Gasteiger charge is -2.22. The molecule has 86 valence electrons. The summed E-state index contributed by atoms with van der Waals surface area (Å²) in [6.07, 6.45) is 8.05. The van der Waals surface area contributed by atoms with Crippen molar-refractivity contribution in [2.45, 2.75) is 44.6 Å². The van der Waals surface area contributed by atoms with Crippen LogP contribution in [0.4, 0.5) is 0 Å². The van der Waals surface area contributed by atoms with Gasteiger partial charge in [-0.1, -0.05) is 12.8 Å². The predicted molar refractivity (Wildman–Crippen MR) is 63.3 cm³/mol. The van der Waals surface area contributed by atoms with Crippen molar-refractivity contribution >= 4 is 5.78 Å². The third kappa shape index (κ3) is 2.30. The molecule has 1 fully saturated rings. The maximum Gasteiger partial charge on any atom is 0.166 e. The minimum Gasteiger partial charge on any atom is -0.325 e. The van der Waals surface area contributed by atoms with E-state index in [0.29, 0.717) is 6.42 Å². The third-order valence-electron chi connectivity index (χ3n) is 3.45. The van der Waals surface area contributed by atoms with E-state index in [0.717, 1.165) is 36.8 Å². The van der Waals surface area contributed by atoms with E-state index in [1.54, 1.807) is 12.4 Å². The molecular weight excluding hydrogens is 200 g/mol. The number of hydrogen-bond donors (Lipinski definition) is 1. The summed E-state index contributed by atoms with van der Waals surface area (Å²) in [6.45, 7) is 1.94. The minimum absolute atomic E-state index is 0.134. The van der Waals surface area contributed by atoms with E-state index in [9.17, 15) is 4.79 Å². The number of Topliss-reactive ketones (excluding diaryl/α,β-unsaturated/α-hetero) is 1. The zero-order valence-corrected chi connectivity index (χ0v) is 9.70. The lowest BCUT2D eigenvalue weighted by Crippen LogP contribution is -2.38. The molecule has 0 unspecified atom stereocenters. The summed E-state index contributed by atoms with van der Waals surface area (Å²) >= 11 is 0. The number of ketones is 1. The molecule has 16 heavy (non-hydrogen) atoms. The van der Waals surface area contributed by atoms with Crippen molar-refractivity contribution in [3.8, 4) is 0 Å². The zero-order valence-electron chi connectivity index (χ0n) is 9.70. The Morgan fingerprint density at radius 3 is 2.81 bits per heavy atom. The van der Waals surface area contributed by atoms with Crippen molar-refractivity contribution in [3.63, 3.8) is 0 Å². The van der Waals surface area contributed by atoms with E-state index < -0.39 is 0 Å². The van der Waals surface area contributed by atoms with E-state index in [1.165, 1.54) is 0 Å². The van der Waals surface area contributed by atoms with Crippen LogP contribution in [0.1, 0.15) is 48.0 Å². The Kier molecular flexibility index (Phi) is 3.06. The van der Waals surface area contributed by atoms with E-state index >= 15 is 0 Å². The lowest BCUT2D eigenvalue weighted by molar-refractivity contribution is 0.0951. The first kappa shape index (κ1) is 11.3. The smallest absolute Gasteiger partial charge is 0.166 e. The Hall–Kier alpha value is -1.22. The van der Waals surface area contributed by atoms with Gasteiger partial charge in [-0.3, -0.25) is 9.78 Å². The molecular formula is C13H18N2O. The Balaban J connectivity index is 2.11. The van der Waals surface area contributed by atoms with E-state index in [2.05, 4.69) is 4.98 Å². The summed E-state index contributed by atoms with van der Waals surface area (Å²) in [4.78, 5) is 16.1. The van der Waals surface area contributed by atoms with Gasteiger partial charge in [0, 0.05) is 29.9 Å². The second-order valence-corrected chi connectivity index (χ2v) is 4.86. The summed E-state index contributed by atoms with van der Waals surface area (Å²) in [5.74, 6) is 0.134. The molecule has 0 aromatic carbocycles. The quantitative estimate of drug-likeness (QED) is 0.791. The summed E-state index contributed by atoms with van der Waals surface area (Å²) < 4.78 is 0. The first-order valence-corrected chi connectivity index (χ1v) is 5.83. The van der Waals surface area contributed by atoms with Gasteiger partial charge in [-0.15, -0.1) is 0 Å². The first-order valence-electron chi connectivity index (χ1n) is 5.83. The maximum atomic E-state index is 12.1. The largest absolute Gasteiger partial charge is 0.325 e. The molecule has 1 saturated carbocycles. The van der Waals surface area contributed by atoms with Crippen molar-refractivity contribution in [2.75, 3.05) is 0 Å². The Morgan fingerprint density at radius 1 is 1.50 bits per heavy atom. The molecule has 0 saturated heterocycles. The van der Waals surface area contributed by atoms with Crippen LogP contribution in [-0.2, 0) is 0 Å². The van der Waals surface area contributed by atoms with Gasteiger partial charge in [0.15, 0.2) is 5.78 Å². The average molecular weight is 218 g/mol. The van der Waals surface area contributed by atoms with Crippen LogP contribution in [0.3, 0.4) is 0 Å². The molecule has 1 aromatic rings. The van der Waals surface area contributed by atoms with Gasteiger partial charge in [-0.2, -0.15) is 0 Å². The van der Waals surface area contributed by atoms with Gasteiger partial charge in [0.1, 0.15) is 0 Å². The predicted octanol–water partition coefficient (Wildman–Crippen LogP) is 2.23. The Morgan fingerprint density at radius 2 is 2.19 bits per heavy atom. The van der Waals surface area contributed by atoms with Crippen molar-refractivity contribution in [2.24, 2.45) is 5.73 Å². The number of rotatable bonds is 3. The molecule has 0 aliphatic heterocycles. The van der Waals surface area contributed by atoms with Crippen molar-refractivity contribution < 1.29 is 4.79 Å². The van der Waals surface area contributed by atoms with E-state index in [4.69, 9.17) is 5.73 Å². The molecule has 2 rings (SSSR count). The summed E-state index contributed by atoms with van der Waals surface area (Å²) in [7, 11) is 0. The van der Waals surface area contributed by atoms with Gasteiger partial charge < -0.3 is 5.73 Å². The molecule has 1 aromatic heterocycles. The second-order valence-electron chi connectivity index (χ2n) is 4.86. The fourth-order valence-electron chi connectivity index (χ4n) is 2.43. The number of nitrogens with zero attached hydrogens (tertiary/aromatic N) is 1. The van der Waals surface area contributed by atoms with E-state index in [-0.39, 0.29) is 11.3 Å². The highest BCUT2D eigenvalue weighted by atomic mass is 16.1. The lowest BCUT2D eigenvalue weighted by atomic mass is 9.89. The summed E-state index contributed by atoms with van der Waals surface area (Å²) in [5, 5.41) is 0. The number of hydrogen-bond acceptors (Lipinski definition) is 3. The topological polar surface area (TPSA) is 56.0 Å². The first-order chi connectivity index (χ1) is 7.61. The monoisotopic (exact) mass is 218 g/mol. The van der Waals surface area contributed by atoms with Crippen molar-refractivity contribution in [1.29, 1.82) is 0 Å². The number of pyridine rings is 1. The molecule has 0 bridgehead atoms. The highest BCUT2D eigenvalue weighted by Gasteiger charge is 2.32. The highest BCUT2D eigenvalue weighted by molar-refractivity contribution is 5.97. The van der Waals surface area contributed by atoms with Gasteiger partial charge in [0.05, 0.1) is 0 Å². The number of carbonyl (C=O) groups is 1. The van der Waals surface area contributed by atoms with Gasteiger partial charge in [-0.25, -0.2) is 0 Å². The van der Waals surface area contributed by atoms with Crippen LogP contribution in [0.2, 0.25) is 0 Å². The number of carbonyl (C=O) groups excluding carboxylic acids is 1. The molecule has 2 N–H and O–H groups in total. The molecule has 1 aliphatic carbocycles. The van der Waals surface area contributed by atoms with Crippen molar-refractivity contribution in [3.05, 3.63) is 29.6 Å². The van der Waals surface area contributed by atoms with Crippen LogP contribution in [0.5, 0.6) is 0 Å². The highest BCUT2D eigenvalue weighted by Crippen LogP contribution is 2.31. The number of aromatic nitrogens is 1. The third-order valence-corrected chi connectivity index (χ3v) is 3.45. The molecule has 0 radical (unpaired) electrons. The molecule has 0 atom stereocenters. The van der Waals surface area contributed by atoms with Gasteiger partial charge in [0.25, 0.3) is 0 Å². The van der Waals surface area contributed by atoms with E-state index in [1.807, 2.05) is 13.0 Å². The second kappa shape index (κ2) is 4.34. The Labute approximate surface area is 96.1 Å². The zero-order chi connectivity index (χ0) is 11.6.